The molecule has 0 spiro atoms. The van der Waals surface area contributed by atoms with Crippen LogP contribution in [0.1, 0.15) is 17.0 Å². The van der Waals surface area contributed by atoms with E-state index in [-0.39, 0.29) is 11.7 Å². The number of nitrogens with one attached hydrogen (secondary N) is 1. The molecular formula is C23H23Cl2N3O2. The van der Waals surface area contributed by atoms with Crippen LogP contribution in [0.3, 0.4) is 0 Å². The summed E-state index contributed by atoms with van der Waals surface area (Å²) in [5.74, 6) is 0.419. The number of carbonyl (C=O) groups is 1. The Morgan fingerprint density at radius 1 is 1.10 bits per heavy atom. The molecule has 1 aromatic heterocycles. The van der Waals surface area contributed by atoms with Gasteiger partial charge in [0.15, 0.2) is 5.76 Å². The predicted molar refractivity (Wildman–Crippen MR) is 123 cm³/mol. The van der Waals surface area contributed by atoms with Gasteiger partial charge in [-0.1, -0.05) is 23.2 Å². The van der Waals surface area contributed by atoms with E-state index >= 15 is 0 Å². The average Bonchev–Trinajstić information content (AvgIpc) is 3.39. The van der Waals surface area contributed by atoms with E-state index in [1.807, 2.05) is 24.3 Å². The molecule has 156 valence electrons. The minimum absolute atomic E-state index is 0.216. The van der Waals surface area contributed by atoms with Gasteiger partial charge in [-0.25, -0.2) is 0 Å². The summed E-state index contributed by atoms with van der Waals surface area (Å²) in [4.78, 5) is 17.2. The molecule has 1 atom stereocenters. The zero-order chi connectivity index (χ0) is 21.3. The molecule has 1 amide bonds. The van der Waals surface area contributed by atoms with Gasteiger partial charge in [-0.3, -0.25) is 4.79 Å². The van der Waals surface area contributed by atoms with E-state index in [2.05, 4.69) is 29.2 Å². The van der Waals surface area contributed by atoms with Crippen LogP contribution in [-0.4, -0.2) is 44.0 Å². The zero-order valence-corrected chi connectivity index (χ0v) is 18.4. The lowest BCUT2D eigenvalue weighted by atomic mass is 10.2. The first-order valence-corrected chi connectivity index (χ1v) is 10.5. The Bertz CT molecular complexity index is 1050. The third-order valence-electron chi connectivity index (χ3n) is 5.41. The maximum absolute atomic E-state index is 12.6. The monoisotopic (exact) mass is 443 g/mol. The smallest absolute Gasteiger partial charge is 0.291 e. The maximum atomic E-state index is 12.6. The molecule has 1 aliphatic rings. The van der Waals surface area contributed by atoms with Gasteiger partial charge in [-0.15, -0.1) is 0 Å². The molecule has 0 saturated carbocycles. The molecule has 2 aromatic carbocycles. The summed E-state index contributed by atoms with van der Waals surface area (Å²) >= 11 is 12.2. The second-order valence-corrected chi connectivity index (χ2v) is 8.48. The van der Waals surface area contributed by atoms with Crippen LogP contribution in [-0.2, 0) is 0 Å². The topological polar surface area (TPSA) is 48.7 Å². The molecule has 1 unspecified atom stereocenters. The summed E-state index contributed by atoms with van der Waals surface area (Å²) in [7, 11) is 4.24. The molecule has 1 saturated heterocycles. The third kappa shape index (κ3) is 4.48. The number of hydrogen-bond donors (Lipinski definition) is 1. The van der Waals surface area contributed by atoms with Gasteiger partial charge >= 0.3 is 0 Å². The van der Waals surface area contributed by atoms with Crippen molar-refractivity contribution in [3.8, 4) is 11.3 Å². The number of carbonyl (C=O) groups excluding carboxylic acids is 1. The minimum Gasteiger partial charge on any atom is -0.451 e. The second-order valence-electron chi connectivity index (χ2n) is 7.64. The predicted octanol–water partition coefficient (Wildman–Crippen LogP) is 5.65. The first-order chi connectivity index (χ1) is 14.4. The molecular weight excluding hydrogens is 421 g/mol. The molecule has 1 fully saturated rings. The Morgan fingerprint density at radius 2 is 1.87 bits per heavy atom. The van der Waals surface area contributed by atoms with Gasteiger partial charge < -0.3 is 19.5 Å². The Balaban J connectivity index is 1.41. The zero-order valence-electron chi connectivity index (χ0n) is 16.9. The highest BCUT2D eigenvalue weighted by Gasteiger charge is 2.24. The highest BCUT2D eigenvalue weighted by Crippen LogP contribution is 2.32. The Morgan fingerprint density at radius 3 is 2.53 bits per heavy atom. The van der Waals surface area contributed by atoms with Crippen molar-refractivity contribution in [1.82, 2.24) is 4.90 Å². The molecule has 7 heteroatoms. The minimum atomic E-state index is -0.312. The van der Waals surface area contributed by atoms with Gasteiger partial charge in [0.25, 0.3) is 5.91 Å². The fourth-order valence-electron chi connectivity index (χ4n) is 3.64. The number of rotatable bonds is 5. The number of amides is 1. The quantitative estimate of drug-likeness (QED) is 0.553. The van der Waals surface area contributed by atoms with Crippen molar-refractivity contribution in [2.45, 2.75) is 12.5 Å². The molecule has 1 aliphatic heterocycles. The summed E-state index contributed by atoms with van der Waals surface area (Å²) < 4.78 is 5.71. The maximum Gasteiger partial charge on any atom is 0.291 e. The Kier molecular flexibility index (Phi) is 6.04. The van der Waals surface area contributed by atoms with Crippen LogP contribution < -0.4 is 10.2 Å². The lowest BCUT2D eigenvalue weighted by molar-refractivity contribution is 0.0997. The third-order valence-corrected chi connectivity index (χ3v) is 5.96. The van der Waals surface area contributed by atoms with Crippen molar-refractivity contribution in [1.29, 1.82) is 0 Å². The van der Waals surface area contributed by atoms with Crippen LogP contribution in [0.4, 0.5) is 11.4 Å². The van der Waals surface area contributed by atoms with Crippen molar-refractivity contribution in [2.75, 3.05) is 37.4 Å². The van der Waals surface area contributed by atoms with Crippen LogP contribution in [0, 0.1) is 0 Å². The summed E-state index contributed by atoms with van der Waals surface area (Å²) in [6.07, 6.45) is 1.16. The Hall–Kier alpha value is -2.47. The summed E-state index contributed by atoms with van der Waals surface area (Å²) in [6.45, 7) is 2.05. The Labute approximate surface area is 186 Å². The molecule has 0 bridgehead atoms. The standard InChI is InChI=1S/C23H23Cl2N3O2/c1-27(2)18-11-12-28(14-18)17-6-4-16(5-7-17)26-23(29)22-10-9-21(30-22)19-8-3-15(24)13-20(19)25/h3-10,13,18H,11-12,14H2,1-2H3,(H,26,29). The van der Waals surface area contributed by atoms with Crippen LogP contribution in [0.15, 0.2) is 59.0 Å². The molecule has 1 N–H and O–H groups in total. The van der Waals surface area contributed by atoms with E-state index in [1.165, 1.54) is 0 Å². The number of halogens is 2. The number of nitrogens with zero attached hydrogens (tertiary/aromatic N) is 2. The summed E-state index contributed by atoms with van der Waals surface area (Å²) in [6, 6.07) is 17.0. The van der Waals surface area contributed by atoms with Crippen LogP contribution >= 0.6 is 23.2 Å². The van der Waals surface area contributed by atoms with Crippen molar-refractivity contribution in [3.63, 3.8) is 0 Å². The van der Waals surface area contributed by atoms with Gasteiger partial charge in [-0.2, -0.15) is 0 Å². The first kappa shape index (κ1) is 20.8. The van der Waals surface area contributed by atoms with Crippen molar-refractivity contribution < 1.29 is 9.21 Å². The number of benzene rings is 2. The molecule has 0 radical (unpaired) electrons. The second kappa shape index (κ2) is 8.72. The van der Waals surface area contributed by atoms with Crippen molar-refractivity contribution in [3.05, 3.63) is 70.4 Å². The fraction of sp³-hybridized carbons (Fsp3) is 0.261. The number of likely N-dealkylation sites (N-methyl/N-ethyl adjacent to an activating group) is 1. The van der Waals surface area contributed by atoms with E-state index in [9.17, 15) is 4.79 Å². The van der Waals surface area contributed by atoms with E-state index in [0.29, 0.717) is 27.4 Å². The molecule has 5 nitrogen and oxygen atoms in total. The average molecular weight is 444 g/mol. The van der Waals surface area contributed by atoms with E-state index < -0.39 is 0 Å². The molecule has 30 heavy (non-hydrogen) atoms. The van der Waals surface area contributed by atoms with Crippen molar-refractivity contribution in [2.24, 2.45) is 0 Å². The van der Waals surface area contributed by atoms with Crippen molar-refractivity contribution >= 4 is 40.5 Å². The molecule has 4 rings (SSSR count). The van der Waals surface area contributed by atoms with Gasteiger partial charge in [0.05, 0.1) is 5.02 Å². The molecule has 3 aromatic rings. The SMILES string of the molecule is CN(C)C1CCN(c2ccc(NC(=O)c3ccc(-c4ccc(Cl)cc4Cl)o3)cc2)C1. The van der Waals surface area contributed by atoms with E-state index in [0.717, 1.165) is 30.9 Å². The van der Waals surface area contributed by atoms with E-state index in [4.69, 9.17) is 27.6 Å². The molecule has 0 aliphatic carbocycles. The van der Waals surface area contributed by atoms with Gasteiger partial charge in [-0.05, 0) is 75.1 Å². The van der Waals surface area contributed by atoms with Gasteiger partial charge in [0.2, 0.25) is 0 Å². The van der Waals surface area contributed by atoms with E-state index in [1.54, 1.807) is 30.3 Å². The lowest BCUT2D eigenvalue weighted by Crippen LogP contribution is -2.31. The number of furan rings is 1. The van der Waals surface area contributed by atoms with Gasteiger partial charge in [0.1, 0.15) is 5.76 Å². The number of hydrogen-bond acceptors (Lipinski definition) is 4. The summed E-state index contributed by atoms with van der Waals surface area (Å²) in [5.41, 5.74) is 2.57. The normalized spacial score (nSPS) is 16.3. The molecule has 2 heterocycles. The lowest BCUT2D eigenvalue weighted by Gasteiger charge is -2.22. The van der Waals surface area contributed by atoms with Crippen LogP contribution in [0.25, 0.3) is 11.3 Å². The number of anilines is 2. The summed E-state index contributed by atoms with van der Waals surface area (Å²) in [5, 5.41) is 3.89. The largest absolute Gasteiger partial charge is 0.451 e. The highest BCUT2D eigenvalue weighted by atomic mass is 35.5. The fourth-order valence-corrected chi connectivity index (χ4v) is 4.14. The first-order valence-electron chi connectivity index (χ1n) is 9.79. The van der Waals surface area contributed by atoms with Crippen LogP contribution in [0.2, 0.25) is 10.0 Å². The van der Waals surface area contributed by atoms with Crippen LogP contribution in [0.5, 0.6) is 0 Å². The van der Waals surface area contributed by atoms with Gasteiger partial charge in [0, 0.05) is 41.1 Å². The highest BCUT2D eigenvalue weighted by molar-refractivity contribution is 6.36.